The highest BCUT2D eigenvalue weighted by atomic mass is 16.5. The van der Waals surface area contributed by atoms with Crippen molar-refractivity contribution in [2.75, 3.05) is 12.4 Å². The average Bonchev–Trinajstić information content (AvgIpc) is 2.49. The van der Waals surface area contributed by atoms with Gasteiger partial charge in [-0.05, 0) is 55.9 Å². The van der Waals surface area contributed by atoms with Gasteiger partial charge in [0.1, 0.15) is 5.75 Å². The van der Waals surface area contributed by atoms with Crippen LogP contribution in [0.5, 0.6) is 5.75 Å². The number of fused-ring (bicyclic) bond motifs is 1. The molecule has 2 aliphatic rings. The monoisotopic (exact) mass is 275 g/mol. The molecule has 0 spiro atoms. The zero-order chi connectivity index (χ0) is 14.0. The van der Waals surface area contributed by atoms with Crippen LogP contribution in [0.1, 0.15) is 44.9 Å². The molecule has 0 bridgehead atoms. The predicted octanol–water partition coefficient (Wildman–Crippen LogP) is 3.58. The Balaban J connectivity index is 1.74. The topological polar surface area (TPSA) is 41.5 Å². The molecule has 3 atom stereocenters. The molecule has 3 unspecified atom stereocenters. The van der Waals surface area contributed by atoms with Gasteiger partial charge in [-0.1, -0.05) is 19.3 Å². The second-order valence-corrected chi connectivity index (χ2v) is 6.29. The molecule has 2 aliphatic carbocycles. The van der Waals surface area contributed by atoms with Crippen LogP contribution in [-0.2, 0) is 0 Å². The van der Waals surface area contributed by atoms with Crippen LogP contribution in [0.25, 0.3) is 0 Å². The van der Waals surface area contributed by atoms with Crippen molar-refractivity contribution < 1.29 is 9.84 Å². The van der Waals surface area contributed by atoms with Crippen molar-refractivity contribution in [3.05, 3.63) is 24.3 Å². The highest BCUT2D eigenvalue weighted by Crippen LogP contribution is 2.44. The van der Waals surface area contributed by atoms with E-state index in [1.807, 2.05) is 24.3 Å². The van der Waals surface area contributed by atoms with Crippen molar-refractivity contribution in [2.24, 2.45) is 5.92 Å². The first-order valence-corrected chi connectivity index (χ1v) is 7.85. The van der Waals surface area contributed by atoms with E-state index in [-0.39, 0.29) is 6.04 Å². The molecular weight excluding hydrogens is 250 g/mol. The summed E-state index contributed by atoms with van der Waals surface area (Å²) in [6.45, 7) is 0. The smallest absolute Gasteiger partial charge is 0.119 e. The molecule has 2 N–H and O–H groups in total. The van der Waals surface area contributed by atoms with Gasteiger partial charge >= 0.3 is 0 Å². The molecule has 0 radical (unpaired) electrons. The van der Waals surface area contributed by atoms with Gasteiger partial charge in [-0.15, -0.1) is 0 Å². The number of hydrogen-bond acceptors (Lipinski definition) is 3. The molecule has 20 heavy (non-hydrogen) atoms. The fourth-order valence-corrected chi connectivity index (χ4v) is 4.01. The Labute approximate surface area is 121 Å². The molecule has 0 amide bonds. The molecule has 1 aromatic carbocycles. The van der Waals surface area contributed by atoms with E-state index in [9.17, 15) is 5.11 Å². The molecule has 1 aromatic rings. The lowest BCUT2D eigenvalue weighted by molar-refractivity contribution is -0.0835. The summed E-state index contributed by atoms with van der Waals surface area (Å²) in [6, 6.07) is 8.19. The van der Waals surface area contributed by atoms with Gasteiger partial charge < -0.3 is 15.2 Å². The van der Waals surface area contributed by atoms with Gasteiger partial charge in [0.05, 0.1) is 18.8 Å². The Hall–Kier alpha value is -1.22. The number of benzene rings is 1. The Morgan fingerprint density at radius 2 is 1.85 bits per heavy atom. The van der Waals surface area contributed by atoms with Gasteiger partial charge in [-0.2, -0.15) is 0 Å². The van der Waals surface area contributed by atoms with Gasteiger partial charge in [0.15, 0.2) is 0 Å². The number of aliphatic hydroxyl groups is 1. The van der Waals surface area contributed by atoms with Crippen molar-refractivity contribution >= 4 is 5.69 Å². The normalized spacial score (nSPS) is 33.3. The fraction of sp³-hybridized carbons (Fsp3) is 0.647. The predicted molar refractivity (Wildman–Crippen MR) is 81.2 cm³/mol. The first-order chi connectivity index (χ1) is 9.72. The maximum atomic E-state index is 11.1. The molecule has 2 saturated carbocycles. The Bertz CT molecular complexity index is 443. The summed E-state index contributed by atoms with van der Waals surface area (Å²) in [7, 11) is 1.68. The van der Waals surface area contributed by atoms with E-state index < -0.39 is 5.60 Å². The van der Waals surface area contributed by atoms with E-state index in [1.54, 1.807) is 7.11 Å². The third-order valence-corrected chi connectivity index (χ3v) is 5.17. The number of methoxy groups -OCH3 is 1. The van der Waals surface area contributed by atoms with E-state index in [2.05, 4.69) is 5.32 Å². The zero-order valence-electron chi connectivity index (χ0n) is 12.3. The molecule has 110 valence electrons. The molecule has 3 nitrogen and oxygen atoms in total. The van der Waals surface area contributed by atoms with Crippen LogP contribution in [0, 0.1) is 5.92 Å². The van der Waals surface area contributed by atoms with Crippen LogP contribution in [0.3, 0.4) is 0 Å². The zero-order valence-corrected chi connectivity index (χ0v) is 12.3. The average molecular weight is 275 g/mol. The molecule has 2 fully saturated rings. The second kappa shape index (κ2) is 5.65. The summed E-state index contributed by atoms with van der Waals surface area (Å²) < 4.78 is 5.19. The van der Waals surface area contributed by atoms with E-state index >= 15 is 0 Å². The highest BCUT2D eigenvalue weighted by molar-refractivity contribution is 5.47. The maximum absolute atomic E-state index is 11.1. The summed E-state index contributed by atoms with van der Waals surface area (Å²) in [5.74, 6) is 1.36. The van der Waals surface area contributed by atoms with Crippen LogP contribution < -0.4 is 10.1 Å². The summed E-state index contributed by atoms with van der Waals surface area (Å²) in [6.07, 6.45) is 8.07. The molecule has 3 rings (SSSR count). The fourth-order valence-electron chi connectivity index (χ4n) is 4.01. The Morgan fingerprint density at radius 1 is 1.10 bits per heavy atom. The molecule has 0 aromatic heterocycles. The van der Waals surface area contributed by atoms with E-state index in [0.717, 1.165) is 30.7 Å². The molecule has 0 aliphatic heterocycles. The van der Waals surface area contributed by atoms with E-state index in [4.69, 9.17) is 4.74 Å². The first kappa shape index (κ1) is 13.7. The van der Waals surface area contributed by atoms with Crippen LogP contribution in [0.15, 0.2) is 24.3 Å². The minimum absolute atomic E-state index is 0.190. The first-order valence-electron chi connectivity index (χ1n) is 7.85. The number of hydrogen-bond donors (Lipinski definition) is 2. The third-order valence-electron chi connectivity index (χ3n) is 5.17. The molecule has 0 heterocycles. The van der Waals surface area contributed by atoms with Gasteiger partial charge in [0, 0.05) is 5.69 Å². The van der Waals surface area contributed by atoms with Gasteiger partial charge in [0.2, 0.25) is 0 Å². The SMILES string of the molecule is COc1ccc(NC2CCCC3CCCCC32O)cc1. The van der Waals surface area contributed by atoms with E-state index in [1.165, 1.54) is 25.7 Å². The molecule has 3 heteroatoms. The van der Waals surface area contributed by atoms with Crippen molar-refractivity contribution in [1.29, 1.82) is 0 Å². The highest BCUT2D eigenvalue weighted by Gasteiger charge is 2.47. The van der Waals surface area contributed by atoms with Gasteiger partial charge in [-0.3, -0.25) is 0 Å². The summed E-state index contributed by atoms with van der Waals surface area (Å²) in [4.78, 5) is 0. The van der Waals surface area contributed by atoms with Crippen molar-refractivity contribution in [1.82, 2.24) is 0 Å². The second-order valence-electron chi connectivity index (χ2n) is 6.29. The van der Waals surface area contributed by atoms with E-state index in [0.29, 0.717) is 5.92 Å². The van der Waals surface area contributed by atoms with Crippen LogP contribution in [0.4, 0.5) is 5.69 Å². The number of nitrogens with one attached hydrogen (secondary N) is 1. The summed E-state index contributed by atoms with van der Waals surface area (Å²) in [5.41, 5.74) is 0.576. The minimum atomic E-state index is -0.504. The maximum Gasteiger partial charge on any atom is 0.119 e. The standard InChI is InChI=1S/C17H25NO2/c1-20-15-10-8-14(9-11-15)18-16-7-4-6-13-5-2-3-12-17(13,16)19/h8-11,13,16,18-19H,2-7,12H2,1H3. The quantitative estimate of drug-likeness (QED) is 0.886. The van der Waals surface area contributed by atoms with Gasteiger partial charge in [-0.25, -0.2) is 0 Å². The number of rotatable bonds is 3. The lowest BCUT2D eigenvalue weighted by Gasteiger charge is -2.49. The molecule has 0 saturated heterocycles. The number of ether oxygens (including phenoxy) is 1. The minimum Gasteiger partial charge on any atom is -0.497 e. The van der Waals surface area contributed by atoms with Crippen LogP contribution in [-0.4, -0.2) is 23.9 Å². The third kappa shape index (κ3) is 2.51. The lowest BCUT2D eigenvalue weighted by atomic mass is 9.65. The molecular formula is C17H25NO2. The lowest BCUT2D eigenvalue weighted by Crippen LogP contribution is -2.56. The van der Waals surface area contributed by atoms with Crippen LogP contribution >= 0.6 is 0 Å². The Morgan fingerprint density at radius 3 is 2.60 bits per heavy atom. The van der Waals surface area contributed by atoms with Crippen molar-refractivity contribution in [3.63, 3.8) is 0 Å². The summed E-state index contributed by atoms with van der Waals surface area (Å²) >= 11 is 0. The van der Waals surface area contributed by atoms with Crippen molar-refractivity contribution in [3.8, 4) is 5.75 Å². The van der Waals surface area contributed by atoms with Gasteiger partial charge in [0.25, 0.3) is 0 Å². The summed E-state index contributed by atoms with van der Waals surface area (Å²) in [5, 5.41) is 14.7. The van der Waals surface area contributed by atoms with Crippen molar-refractivity contribution in [2.45, 2.75) is 56.6 Å². The van der Waals surface area contributed by atoms with Crippen LogP contribution in [0.2, 0.25) is 0 Å². The largest absolute Gasteiger partial charge is 0.497 e. The Kier molecular flexibility index (Phi) is 3.88. The number of anilines is 1.